The van der Waals surface area contributed by atoms with Gasteiger partial charge in [0.15, 0.2) is 0 Å². The normalized spacial score (nSPS) is 13.0. The van der Waals surface area contributed by atoms with Gasteiger partial charge in [-0.25, -0.2) is 0 Å². The highest BCUT2D eigenvalue weighted by Crippen LogP contribution is 2.20. The lowest BCUT2D eigenvalue weighted by Gasteiger charge is -2.17. The number of hydrogen-bond donors (Lipinski definition) is 2. The number of benzene rings is 2. The van der Waals surface area contributed by atoms with Crippen LogP contribution in [0.15, 0.2) is 42.5 Å². The van der Waals surface area contributed by atoms with Crippen molar-refractivity contribution in [2.24, 2.45) is 0 Å². The highest BCUT2D eigenvalue weighted by molar-refractivity contribution is 5.80. The van der Waals surface area contributed by atoms with Gasteiger partial charge in [0.1, 0.15) is 12.4 Å². The first-order valence-corrected chi connectivity index (χ1v) is 8.60. The fraction of sp³-hybridized carbons (Fsp3) is 0.350. The maximum absolute atomic E-state index is 11.9. The van der Waals surface area contributed by atoms with Gasteiger partial charge in [-0.1, -0.05) is 18.2 Å². The molecule has 2 N–H and O–H groups in total. The van der Waals surface area contributed by atoms with Crippen molar-refractivity contribution in [3.8, 4) is 5.75 Å². The van der Waals surface area contributed by atoms with Gasteiger partial charge in [-0.05, 0) is 54.3 Å². The molecule has 2 aromatic carbocycles. The van der Waals surface area contributed by atoms with E-state index in [2.05, 4.69) is 22.8 Å². The summed E-state index contributed by atoms with van der Waals surface area (Å²) in [5.41, 5.74) is 4.65. The second-order valence-electron chi connectivity index (χ2n) is 6.15. The van der Waals surface area contributed by atoms with Gasteiger partial charge in [-0.3, -0.25) is 4.79 Å². The minimum Gasteiger partial charge on any atom is -0.492 e. The predicted molar refractivity (Wildman–Crippen MR) is 98.0 cm³/mol. The molecule has 0 bridgehead atoms. The van der Waals surface area contributed by atoms with Crippen LogP contribution in [0.25, 0.3) is 0 Å². The first kappa shape index (κ1) is 17.3. The summed E-state index contributed by atoms with van der Waals surface area (Å²) < 4.78 is 11.0. The van der Waals surface area contributed by atoms with Crippen molar-refractivity contribution in [2.45, 2.75) is 20.0 Å². The van der Waals surface area contributed by atoms with Crippen LogP contribution in [0, 0.1) is 6.92 Å². The summed E-state index contributed by atoms with van der Waals surface area (Å²) in [5, 5.41) is 6.02. The molecular weight excluding hydrogens is 316 g/mol. The maximum atomic E-state index is 11.9. The number of aryl methyl sites for hydroxylation is 1. The summed E-state index contributed by atoms with van der Waals surface area (Å²) in [6, 6.07) is 14.0. The highest BCUT2D eigenvalue weighted by atomic mass is 16.5. The van der Waals surface area contributed by atoms with Gasteiger partial charge in [0.2, 0.25) is 5.91 Å². The molecule has 3 rings (SSSR count). The number of carbonyl (C=O) groups is 1. The van der Waals surface area contributed by atoms with E-state index < -0.39 is 0 Å². The summed E-state index contributed by atoms with van der Waals surface area (Å²) >= 11 is 0. The number of carbonyl (C=O) groups excluding carboxylic acids is 1. The molecule has 1 aliphatic rings. The van der Waals surface area contributed by atoms with Crippen molar-refractivity contribution >= 4 is 11.6 Å². The lowest BCUT2D eigenvalue weighted by molar-refractivity contribution is -0.119. The van der Waals surface area contributed by atoms with E-state index in [1.54, 1.807) is 0 Å². The third-order valence-electron chi connectivity index (χ3n) is 4.12. The van der Waals surface area contributed by atoms with Gasteiger partial charge in [0, 0.05) is 5.69 Å². The molecule has 5 nitrogen and oxygen atoms in total. The average Bonchev–Trinajstić information content (AvgIpc) is 2.63. The Morgan fingerprint density at radius 1 is 1.20 bits per heavy atom. The standard InChI is InChI=1S/C20H24N2O3/c1-15-3-2-4-19(11-15)25-10-8-21-20(23)13-22-18-6-5-17-14-24-9-7-16(17)12-18/h2-6,11-12,22H,7-10,13-14H2,1H3,(H,21,23). The molecule has 0 radical (unpaired) electrons. The van der Waals surface area contributed by atoms with Crippen molar-refractivity contribution in [2.75, 3.05) is 31.6 Å². The zero-order valence-corrected chi connectivity index (χ0v) is 14.5. The smallest absolute Gasteiger partial charge is 0.239 e. The fourth-order valence-electron chi connectivity index (χ4n) is 2.78. The van der Waals surface area contributed by atoms with Crippen LogP contribution in [0.1, 0.15) is 16.7 Å². The Hall–Kier alpha value is -2.53. The highest BCUT2D eigenvalue weighted by Gasteiger charge is 2.10. The Morgan fingerprint density at radius 3 is 3.00 bits per heavy atom. The van der Waals surface area contributed by atoms with Crippen molar-refractivity contribution in [3.63, 3.8) is 0 Å². The van der Waals surface area contributed by atoms with Crippen molar-refractivity contribution in [3.05, 3.63) is 59.2 Å². The van der Waals surface area contributed by atoms with Crippen LogP contribution < -0.4 is 15.4 Å². The number of fused-ring (bicyclic) bond motifs is 1. The van der Waals surface area contributed by atoms with Crippen LogP contribution in [0.5, 0.6) is 5.75 Å². The zero-order chi connectivity index (χ0) is 17.5. The third-order valence-corrected chi connectivity index (χ3v) is 4.12. The van der Waals surface area contributed by atoms with Crippen LogP contribution >= 0.6 is 0 Å². The molecule has 2 aromatic rings. The largest absolute Gasteiger partial charge is 0.492 e. The first-order chi connectivity index (χ1) is 12.2. The lowest BCUT2D eigenvalue weighted by Crippen LogP contribution is -2.33. The van der Waals surface area contributed by atoms with Crippen molar-refractivity contribution in [1.29, 1.82) is 0 Å². The van der Waals surface area contributed by atoms with Gasteiger partial charge in [0.25, 0.3) is 0 Å². The fourth-order valence-corrected chi connectivity index (χ4v) is 2.78. The summed E-state index contributed by atoms with van der Waals surface area (Å²) in [4.78, 5) is 11.9. The van der Waals surface area contributed by atoms with Crippen molar-refractivity contribution in [1.82, 2.24) is 5.32 Å². The van der Waals surface area contributed by atoms with E-state index in [1.165, 1.54) is 11.1 Å². The second kappa shape index (κ2) is 8.53. The van der Waals surface area contributed by atoms with Gasteiger partial charge in [0.05, 0.1) is 26.3 Å². The topological polar surface area (TPSA) is 59.6 Å². The van der Waals surface area contributed by atoms with Gasteiger partial charge in [-0.15, -0.1) is 0 Å². The van der Waals surface area contributed by atoms with Crippen molar-refractivity contribution < 1.29 is 14.3 Å². The van der Waals surface area contributed by atoms with Crippen LogP contribution in [0.4, 0.5) is 5.69 Å². The molecule has 1 amide bonds. The summed E-state index contributed by atoms with van der Waals surface area (Å²) in [6.07, 6.45) is 0.924. The second-order valence-corrected chi connectivity index (χ2v) is 6.15. The molecule has 0 aromatic heterocycles. The molecule has 0 fully saturated rings. The number of anilines is 1. The minimum atomic E-state index is -0.0473. The molecule has 1 aliphatic heterocycles. The summed E-state index contributed by atoms with van der Waals surface area (Å²) in [7, 11) is 0. The predicted octanol–water partition coefficient (Wildman–Crippen LogP) is 2.67. The van der Waals surface area contributed by atoms with E-state index >= 15 is 0 Å². The number of rotatable bonds is 7. The summed E-state index contributed by atoms with van der Waals surface area (Å²) in [6.45, 7) is 4.65. The lowest BCUT2D eigenvalue weighted by atomic mass is 10.0. The Kier molecular flexibility index (Phi) is 5.90. The van der Waals surface area contributed by atoms with Gasteiger partial charge in [-0.2, -0.15) is 0 Å². The summed E-state index contributed by atoms with van der Waals surface area (Å²) in [5.74, 6) is 0.777. The first-order valence-electron chi connectivity index (χ1n) is 8.60. The van der Waals surface area contributed by atoms with E-state index in [0.717, 1.165) is 30.0 Å². The Labute approximate surface area is 148 Å². The minimum absolute atomic E-state index is 0.0473. The van der Waals surface area contributed by atoms with E-state index in [4.69, 9.17) is 9.47 Å². The number of amides is 1. The quantitative estimate of drug-likeness (QED) is 0.761. The monoisotopic (exact) mass is 340 g/mol. The number of ether oxygens (including phenoxy) is 2. The SMILES string of the molecule is Cc1cccc(OCCNC(=O)CNc2ccc3c(c2)CCOC3)c1. The zero-order valence-electron chi connectivity index (χ0n) is 14.5. The number of hydrogen-bond acceptors (Lipinski definition) is 4. The molecule has 0 spiro atoms. The Balaban J connectivity index is 1.37. The Bertz CT molecular complexity index is 731. The molecule has 0 atom stereocenters. The molecule has 1 heterocycles. The van der Waals surface area contributed by atoms with Crippen LogP contribution in [0.3, 0.4) is 0 Å². The van der Waals surface area contributed by atoms with E-state index in [-0.39, 0.29) is 12.5 Å². The maximum Gasteiger partial charge on any atom is 0.239 e. The van der Waals surface area contributed by atoms with E-state index in [0.29, 0.717) is 19.8 Å². The average molecular weight is 340 g/mol. The van der Waals surface area contributed by atoms with E-state index in [1.807, 2.05) is 37.3 Å². The Morgan fingerprint density at radius 2 is 2.12 bits per heavy atom. The van der Waals surface area contributed by atoms with Gasteiger partial charge >= 0.3 is 0 Å². The molecule has 0 saturated heterocycles. The molecule has 132 valence electrons. The molecule has 25 heavy (non-hydrogen) atoms. The third kappa shape index (κ3) is 5.22. The molecular formula is C20H24N2O3. The van der Waals surface area contributed by atoms with E-state index in [9.17, 15) is 4.79 Å². The number of nitrogens with one attached hydrogen (secondary N) is 2. The van der Waals surface area contributed by atoms with Crippen LogP contribution in [-0.4, -0.2) is 32.2 Å². The molecule has 5 heteroatoms. The van der Waals surface area contributed by atoms with Crippen LogP contribution in [-0.2, 0) is 22.6 Å². The molecule has 0 aliphatic carbocycles. The van der Waals surface area contributed by atoms with Crippen LogP contribution in [0.2, 0.25) is 0 Å². The van der Waals surface area contributed by atoms with Gasteiger partial charge < -0.3 is 20.1 Å². The molecule has 0 saturated carbocycles. The molecule has 0 unspecified atom stereocenters.